The third-order valence-corrected chi connectivity index (χ3v) is 8.39. The van der Waals surface area contributed by atoms with E-state index in [0.717, 1.165) is 17.7 Å². The number of amides is 1. The van der Waals surface area contributed by atoms with Gasteiger partial charge in [-0.15, -0.1) is 0 Å². The van der Waals surface area contributed by atoms with E-state index in [9.17, 15) is 13.2 Å². The van der Waals surface area contributed by atoms with Crippen LogP contribution in [0.1, 0.15) is 42.4 Å². The molecule has 0 radical (unpaired) electrons. The molecule has 0 bridgehead atoms. The predicted octanol–water partition coefficient (Wildman–Crippen LogP) is 3.31. The molecule has 0 aliphatic carbocycles. The predicted molar refractivity (Wildman–Crippen MR) is 125 cm³/mol. The standard InChI is InChI=1S/C25H33N3O3S/c1-20-6-12-24(13-7-20)32(30,31)28-16-4-5-23(19-28)25(29)26-17-21-8-10-22(11-9-21)18-27-14-2-3-15-27/h6-13,23H,2-5,14-19H2,1H3,(H,26,29)/t23-/m1/s1. The third-order valence-electron chi connectivity index (χ3n) is 6.51. The third kappa shape index (κ3) is 5.57. The van der Waals surface area contributed by atoms with Gasteiger partial charge in [-0.05, 0) is 69.0 Å². The van der Waals surface area contributed by atoms with Crippen molar-refractivity contribution in [1.29, 1.82) is 0 Å². The van der Waals surface area contributed by atoms with Crippen molar-refractivity contribution in [3.8, 4) is 0 Å². The Labute approximate surface area is 191 Å². The van der Waals surface area contributed by atoms with E-state index in [1.807, 2.05) is 6.92 Å². The lowest BCUT2D eigenvalue weighted by atomic mass is 9.98. The minimum absolute atomic E-state index is 0.0741. The van der Waals surface area contributed by atoms with Crippen LogP contribution in [-0.2, 0) is 27.9 Å². The molecule has 4 rings (SSSR count). The molecular weight excluding hydrogens is 422 g/mol. The van der Waals surface area contributed by atoms with Crippen LogP contribution in [0.3, 0.4) is 0 Å². The molecule has 2 saturated heterocycles. The molecule has 0 spiro atoms. The van der Waals surface area contributed by atoms with Crippen LogP contribution in [0.5, 0.6) is 0 Å². The van der Waals surface area contributed by atoms with Crippen molar-refractivity contribution < 1.29 is 13.2 Å². The Hall–Kier alpha value is -2.22. The summed E-state index contributed by atoms with van der Waals surface area (Å²) in [5.74, 6) is -0.395. The van der Waals surface area contributed by atoms with E-state index in [1.165, 1.54) is 35.8 Å². The highest BCUT2D eigenvalue weighted by molar-refractivity contribution is 7.89. The van der Waals surface area contributed by atoms with Crippen LogP contribution in [-0.4, -0.2) is 49.7 Å². The van der Waals surface area contributed by atoms with Crippen LogP contribution in [0.25, 0.3) is 0 Å². The Morgan fingerprint density at radius 2 is 1.59 bits per heavy atom. The lowest BCUT2D eigenvalue weighted by Crippen LogP contribution is -2.45. The molecule has 2 aromatic rings. The van der Waals surface area contributed by atoms with E-state index in [2.05, 4.69) is 34.5 Å². The van der Waals surface area contributed by atoms with Crippen LogP contribution >= 0.6 is 0 Å². The molecule has 2 heterocycles. The van der Waals surface area contributed by atoms with Crippen molar-refractivity contribution in [2.45, 2.75) is 50.6 Å². The number of rotatable bonds is 7. The molecule has 1 atom stereocenters. The van der Waals surface area contributed by atoms with Gasteiger partial charge in [0.25, 0.3) is 0 Å². The maximum Gasteiger partial charge on any atom is 0.243 e. The number of likely N-dealkylation sites (tertiary alicyclic amines) is 1. The van der Waals surface area contributed by atoms with Gasteiger partial charge in [-0.2, -0.15) is 4.31 Å². The number of nitrogens with one attached hydrogen (secondary N) is 1. The smallest absolute Gasteiger partial charge is 0.243 e. The highest BCUT2D eigenvalue weighted by Crippen LogP contribution is 2.24. The van der Waals surface area contributed by atoms with Gasteiger partial charge in [0.05, 0.1) is 10.8 Å². The molecule has 1 amide bonds. The molecule has 0 aromatic heterocycles. The maximum atomic E-state index is 13.0. The number of sulfonamides is 1. The fourth-order valence-electron chi connectivity index (χ4n) is 4.53. The molecule has 6 nitrogen and oxygen atoms in total. The van der Waals surface area contributed by atoms with Crippen molar-refractivity contribution in [1.82, 2.24) is 14.5 Å². The second-order valence-corrected chi connectivity index (χ2v) is 11.0. The van der Waals surface area contributed by atoms with Crippen molar-refractivity contribution in [2.24, 2.45) is 5.92 Å². The van der Waals surface area contributed by atoms with Gasteiger partial charge in [0, 0.05) is 26.2 Å². The van der Waals surface area contributed by atoms with Crippen LogP contribution in [0.2, 0.25) is 0 Å². The maximum absolute atomic E-state index is 13.0. The highest BCUT2D eigenvalue weighted by Gasteiger charge is 2.33. The van der Waals surface area contributed by atoms with Gasteiger partial charge in [0.15, 0.2) is 0 Å². The summed E-state index contributed by atoms with van der Waals surface area (Å²) in [5, 5.41) is 3.01. The first kappa shape index (κ1) is 23.0. The van der Waals surface area contributed by atoms with Gasteiger partial charge in [0.2, 0.25) is 15.9 Å². The lowest BCUT2D eigenvalue weighted by Gasteiger charge is -2.31. The van der Waals surface area contributed by atoms with E-state index in [-0.39, 0.29) is 23.3 Å². The summed E-state index contributed by atoms with van der Waals surface area (Å²) in [6.45, 7) is 6.42. The van der Waals surface area contributed by atoms with E-state index in [4.69, 9.17) is 0 Å². The van der Waals surface area contributed by atoms with E-state index < -0.39 is 10.0 Å². The SMILES string of the molecule is Cc1ccc(S(=O)(=O)N2CCC[C@@H](C(=O)NCc3ccc(CN4CCCC4)cc3)C2)cc1. The number of aryl methyl sites for hydroxylation is 1. The summed E-state index contributed by atoms with van der Waals surface area (Å²) < 4.78 is 27.4. The Kier molecular flexibility index (Phi) is 7.28. The van der Waals surface area contributed by atoms with Crippen LogP contribution in [0.4, 0.5) is 0 Å². The van der Waals surface area contributed by atoms with Gasteiger partial charge in [-0.1, -0.05) is 42.0 Å². The molecule has 7 heteroatoms. The normalized spacial score (nSPS) is 20.3. The molecule has 1 N–H and O–H groups in total. The van der Waals surface area contributed by atoms with Gasteiger partial charge in [-0.3, -0.25) is 9.69 Å². The molecule has 0 unspecified atom stereocenters. The zero-order chi connectivity index (χ0) is 22.6. The van der Waals surface area contributed by atoms with Crippen molar-refractivity contribution >= 4 is 15.9 Å². The number of hydrogen-bond donors (Lipinski definition) is 1. The fraction of sp³-hybridized carbons (Fsp3) is 0.480. The molecule has 172 valence electrons. The first-order chi connectivity index (χ1) is 15.4. The monoisotopic (exact) mass is 455 g/mol. The topological polar surface area (TPSA) is 69.7 Å². The van der Waals surface area contributed by atoms with Crippen LogP contribution < -0.4 is 5.32 Å². The molecule has 2 aromatic carbocycles. The minimum atomic E-state index is -3.58. The average Bonchev–Trinajstić information content (AvgIpc) is 3.32. The highest BCUT2D eigenvalue weighted by atomic mass is 32.2. The Morgan fingerprint density at radius 3 is 2.28 bits per heavy atom. The first-order valence-electron chi connectivity index (χ1n) is 11.6. The number of benzene rings is 2. The van der Waals surface area contributed by atoms with Gasteiger partial charge >= 0.3 is 0 Å². The van der Waals surface area contributed by atoms with E-state index >= 15 is 0 Å². The second kappa shape index (κ2) is 10.1. The van der Waals surface area contributed by atoms with Gasteiger partial charge in [0.1, 0.15) is 0 Å². The Bertz CT molecular complexity index is 1010. The molecule has 2 fully saturated rings. The summed E-state index contributed by atoms with van der Waals surface area (Å²) >= 11 is 0. The molecule has 2 aliphatic heterocycles. The summed E-state index contributed by atoms with van der Waals surface area (Å²) in [4.78, 5) is 15.5. The largest absolute Gasteiger partial charge is 0.352 e. The first-order valence-corrected chi connectivity index (χ1v) is 13.0. The molecule has 0 saturated carbocycles. The lowest BCUT2D eigenvalue weighted by molar-refractivity contribution is -0.126. The minimum Gasteiger partial charge on any atom is -0.352 e. The van der Waals surface area contributed by atoms with Gasteiger partial charge < -0.3 is 5.32 Å². The number of piperidine rings is 1. The Morgan fingerprint density at radius 1 is 0.938 bits per heavy atom. The van der Waals surface area contributed by atoms with Crippen LogP contribution in [0.15, 0.2) is 53.4 Å². The van der Waals surface area contributed by atoms with Crippen molar-refractivity contribution in [2.75, 3.05) is 26.2 Å². The zero-order valence-corrected chi connectivity index (χ0v) is 19.6. The van der Waals surface area contributed by atoms with Crippen LogP contribution in [0, 0.1) is 12.8 Å². The number of nitrogens with zero attached hydrogens (tertiary/aromatic N) is 2. The zero-order valence-electron chi connectivity index (χ0n) is 18.8. The van der Waals surface area contributed by atoms with E-state index in [0.29, 0.717) is 25.9 Å². The van der Waals surface area contributed by atoms with E-state index in [1.54, 1.807) is 24.3 Å². The van der Waals surface area contributed by atoms with Gasteiger partial charge in [-0.25, -0.2) is 8.42 Å². The second-order valence-electron chi connectivity index (χ2n) is 9.03. The number of hydrogen-bond acceptors (Lipinski definition) is 4. The quantitative estimate of drug-likeness (QED) is 0.696. The molecule has 32 heavy (non-hydrogen) atoms. The fourth-order valence-corrected chi connectivity index (χ4v) is 6.05. The summed E-state index contributed by atoms with van der Waals surface area (Å²) in [5.41, 5.74) is 3.37. The summed E-state index contributed by atoms with van der Waals surface area (Å²) in [6, 6.07) is 15.3. The average molecular weight is 456 g/mol. The summed E-state index contributed by atoms with van der Waals surface area (Å²) in [6.07, 6.45) is 3.97. The molecule has 2 aliphatic rings. The van der Waals surface area contributed by atoms with Crippen molar-refractivity contribution in [3.05, 3.63) is 65.2 Å². The molecular formula is C25H33N3O3S. The number of carbonyl (C=O) groups is 1. The number of carbonyl (C=O) groups excluding carboxylic acids is 1. The summed E-state index contributed by atoms with van der Waals surface area (Å²) in [7, 11) is -3.58. The Balaban J connectivity index is 1.31. The van der Waals surface area contributed by atoms with Crippen molar-refractivity contribution in [3.63, 3.8) is 0 Å².